The number of nitro benzene ring substituents is 1. The molecule has 0 bridgehead atoms. The number of piperidine rings is 1. The zero-order valence-corrected chi connectivity index (χ0v) is 42.6. The van der Waals surface area contributed by atoms with E-state index >= 15 is 0 Å². The van der Waals surface area contributed by atoms with Crippen LogP contribution in [0.5, 0.6) is 11.6 Å². The van der Waals surface area contributed by atoms with Crippen LogP contribution in [0.4, 0.5) is 28.4 Å². The van der Waals surface area contributed by atoms with E-state index < -0.39 is 42.9 Å². The maximum Gasteiger partial charge on any atom is 0.297 e. The Morgan fingerprint density at radius 1 is 0.986 bits per heavy atom. The number of nitriles is 1. The highest BCUT2D eigenvalue weighted by Gasteiger charge is 2.51. The molecule has 1 amide bonds. The summed E-state index contributed by atoms with van der Waals surface area (Å²) in [6.45, 7) is 7.58. The number of benzene rings is 3. The van der Waals surface area contributed by atoms with E-state index in [0.717, 1.165) is 93.7 Å². The van der Waals surface area contributed by atoms with Crippen molar-refractivity contribution in [3.63, 3.8) is 0 Å². The molecule has 0 radical (unpaired) electrons. The lowest BCUT2D eigenvalue weighted by Crippen LogP contribution is -2.55. The molecule has 2 aliphatic carbocycles. The molecule has 18 nitrogen and oxygen atoms in total. The number of aromatic amines is 1. The number of H-pyrrole nitrogens is 1. The van der Waals surface area contributed by atoms with Crippen LogP contribution in [-0.4, -0.2) is 109 Å². The van der Waals surface area contributed by atoms with Crippen LogP contribution < -0.4 is 29.3 Å². The number of aliphatic hydroxyl groups is 1. The number of ether oxygens (including phenoxy) is 3. The fraction of sp³-hybridized carbons (Fsp3) is 0.509. The van der Waals surface area contributed by atoms with Crippen molar-refractivity contribution in [2.45, 2.75) is 131 Å². The molecule has 2 saturated carbocycles. The van der Waals surface area contributed by atoms with Crippen LogP contribution in [0.1, 0.15) is 112 Å². The number of amides is 1. The van der Waals surface area contributed by atoms with Crippen molar-refractivity contribution in [1.29, 1.82) is 5.26 Å². The highest BCUT2D eigenvalue weighted by atomic mass is 32.2. The van der Waals surface area contributed by atoms with Gasteiger partial charge in [-0.3, -0.25) is 19.8 Å². The number of fused-ring (bicyclic) bond motifs is 4. The Morgan fingerprint density at radius 3 is 2.57 bits per heavy atom. The number of carbonyl (C=O) groups excluding carboxylic acids is 1. The Bertz CT molecular complexity index is 3170. The Hall–Kier alpha value is -6.46. The van der Waals surface area contributed by atoms with Gasteiger partial charge in [0.05, 0.1) is 64.0 Å². The molecule has 3 saturated heterocycles. The van der Waals surface area contributed by atoms with E-state index in [2.05, 4.69) is 49.1 Å². The normalized spacial score (nSPS) is 25.9. The van der Waals surface area contributed by atoms with Gasteiger partial charge in [0.1, 0.15) is 24.0 Å². The predicted octanol–water partition coefficient (Wildman–Crippen LogP) is 8.39. The average molecular weight is 1030 g/mol. The summed E-state index contributed by atoms with van der Waals surface area (Å²) in [6.07, 6.45) is 10.8. The molecule has 5 aliphatic heterocycles. The molecule has 74 heavy (non-hydrogen) atoms. The molecule has 5 fully saturated rings. The molecular weight excluding hydrogens is 963 g/mol. The predicted molar refractivity (Wildman–Crippen MR) is 278 cm³/mol. The van der Waals surface area contributed by atoms with Crippen molar-refractivity contribution in [2.24, 2.45) is 11.3 Å². The van der Waals surface area contributed by atoms with Crippen molar-refractivity contribution >= 4 is 55.4 Å². The smallest absolute Gasteiger partial charge is 0.297 e. The van der Waals surface area contributed by atoms with E-state index in [1.54, 1.807) is 12.3 Å². The van der Waals surface area contributed by atoms with Gasteiger partial charge in [0, 0.05) is 61.0 Å². The first-order valence-corrected chi connectivity index (χ1v) is 27.8. The maximum absolute atomic E-state index is 14.8. The van der Waals surface area contributed by atoms with Crippen LogP contribution in [0.2, 0.25) is 0 Å². The van der Waals surface area contributed by atoms with Crippen molar-refractivity contribution in [3.05, 3.63) is 99.7 Å². The lowest BCUT2D eigenvalue weighted by atomic mass is 9.59. The summed E-state index contributed by atoms with van der Waals surface area (Å²) in [6, 6.07) is 22.7. The van der Waals surface area contributed by atoms with Crippen molar-refractivity contribution in [2.75, 3.05) is 54.6 Å². The van der Waals surface area contributed by atoms with Crippen LogP contribution >= 0.6 is 0 Å². The molecular formula is C55H63N9O9S. The Morgan fingerprint density at radius 2 is 1.78 bits per heavy atom. The largest absolute Gasteiger partial charge is 0.489 e. The summed E-state index contributed by atoms with van der Waals surface area (Å²) in [4.78, 5) is 41.4. The molecule has 2 aromatic heterocycles. The molecule has 7 aliphatic rings. The second-order valence-electron chi connectivity index (χ2n) is 22.3. The van der Waals surface area contributed by atoms with Gasteiger partial charge in [-0.1, -0.05) is 24.3 Å². The van der Waals surface area contributed by atoms with Crippen LogP contribution in [0.3, 0.4) is 0 Å². The summed E-state index contributed by atoms with van der Waals surface area (Å²) in [5.74, 6) is -0.421. The number of anilines is 4. The topological polar surface area (TPSA) is 229 Å². The molecule has 0 unspecified atom stereocenters. The number of aliphatic hydroxyl groups excluding tert-OH is 1. The fourth-order valence-corrected chi connectivity index (χ4v) is 14.4. The third kappa shape index (κ3) is 8.66. The van der Waals surface area contributed by atoms with Crippen LogP contribution in [0, 0.1) is 32.8 Å². The first kappa shape index (κ1) is 48.5. The average Bonchev–Trinajstić information content (AvgIpc) is 4.08. The quantitative estimate of drug-likeness (QED) is 0.0761. The van der Waals surface area contributed by atoms with Gasteiger partial charge >= 0.3 is 0 Å². The van der Waals surface area contributed by atoms with Crippen molar-refractivity contribution in [1.82, 2.24) is 19.6 Å². The van der Waals surface area contributed by atoms with Gasteiger partial charge in [-0.25, -0.2) is 13.1 Å². The summed E-state index contributed by atoms with van der Waals surface area (Å²) in [5, 5.41) is 36.8. The van der Waals surface area contributed by atoms with Gasteiger partial charge in [-0.2, -0.15) is 10.2 Å². The number of hydrogen-bond acceptors (Lipinski definition) is 15. The monoisotopic (exact) mass is 1030 g/mol. The third-order valence-electron chi connectivity index (χ3n) is 17.5. The van der Waals surface area contributed by atoms with E-state index in [1.807, 2.05) is 49.1 Å². The zero-order valence-electron chi connectivity index (χ0n) is 41.8. The number of nitrogens with one attached hydrogen (secondary N) is 3. The molecule has 12 rings (SSSR count). The second-order valence-corrected chi connectivity index (χ2v) is 24.0. The van der Waals surface area contributed by atoms with Crippen LogP contribution in [0.15, 0.2) is 77.8 Å². The molecule has 7 heterocycles. The number of rotatable bonds is 10. The standard InChI is InChI=1S/C55H63N9O9S/c1-54(2,32-56)41-7-4-3-6-39(41)43-8-5-20-62(43)36-28-55(29-36)17-21-61(22-18-55)35-11-14-40(44(25-35)63-46-24-34-15-19-57-51(34)59-53(46)73-48-16-23-71-31-47(48)63)52(66)60-74(69,70)38-26-45(64(67)68)50-49(27-38)72-30-42(58-50)33-9-12-37(65)13-10-33/h3-4,6-7,11,14-15,19,24-27,33,36-37,42-43,47-48,58,65H,5,8-10,12-13,16-18,20-23,28-31H2,1-2H3,(H,57,59)(H,60,66)/t33?,37?,42-,43-,47-,48-/m0/s1. The number of carbonyl (C=O) groups is 1. The number of pyridine rings is 1. The first-order valence-electron chi connectivity index (χ1n) is 26.3. The third-order valence-corrected chi connectivity index (χ3v) is 18.8. The van der Waals surface area contributed by atoms with Gasteiger partial charge in [0.25, 0.3) is 21.6 Å². The molecule has 4 atom stereocenters. The number of likely N-dealkylation sites (tertiary alicyclic amines) is 1. The molecule has 4 N–H and O–H groups in total. The number of hydrogen-bond donors (Lipinski definition) is 4. The zero-order chi connectivity index (χ0) is 51.1. The summed E-state index contributed by atoms with van der Waals surface area (Å²) in [7, 11) is -4.72. The van der Waals surface area contributed by atoms with E-state index in [0.29, 0.717) is 60.9 Å². The summed E-state index contributed by atoms with van der Waals surface area (Å²) >= 11 is 0. The van der Waals surface area contributed by atoms with Gasteiger partial charge in [-0.05, 0) is 137 Å². The minimum Gasteiger partial charge on any atom is -0.489 e. The van der Waals surface area contributed by atoms with Crippen molar-refractivity contribution < 1.29 is 37.5 Å². The lowest BCUT2D eigenvalue weighted by Gasteiger charge is -2.56. The summed E-state index contributed by atoms with van der Waals surface area (Å²) < 4.78 is 49.7. The fourth-order valence-electron chi connectivity index (χ4n) is 13.4. The van der Waals surface area contributed by atoms with Crippen LogP contribution in [0.25, 0.3) is 11.0 Å². The minimum absolute atomic E-state index is 0.00359. The minimum atomic E-state index is -4.72. The Labute approximate surface area is 430 Å². The molecule has 388 valence electrons. The van der Waals surface area contributed by atoms with E-state index in [4.69, 9.17) is 19.2 Å². The number of nitrogens with zero attached hydrogens (tertiary/aromatic N) is 6. The molecule has 5 aromatic rings. The molecule has 1 spiro atoms. The first-order chi connectivity index (χ1) is 35.7. The van der Waals surface area contributed by atoms with E-state index in [9.17, 15) is 33.7 Å². The highest BCUT2D eigenvalue weighted by Crippen LogP contribution is 2.55. The SMILES string of the molecule is CC(C)(C#N)c1ccccc1[C@@H]1CCCN1C1CC2(CCN(c3ccc(C(=O)NS(=O)(=O)c4cc5c(c([N+](=O)[O-])c4)N[C@H](C4CCC(O)CC4)CO5)c(N4c5cc6cc[nH]c6nc5O[C@H]5CCOC[C@@H]54)c3)CC2)C1. The highest BCUT2D eigenvalue weighted by molar-refractivity contribution is 7.90. The number of sulfonamides is 1. The molecule has 19 heteroatoms. The van der Waals surface area contributed by atoms with Crippen molar-refractivity contribution in [3.8, 4) is 17.7 Å². The maximum atomic E-state index is 14.8. The van der Waals surface area contributed by atoms with Crippen LogP contribution in [-0.2, 0) is 20.2 Å². The lowest BCUT2D eigenvalue weighted by molar-refractivity contribution is -0.384. The van der Waals surface area contributed by atoms with Gasteiger partial charge in [0.15, 0.2) is 11.4 Å². The van der Waals surface area contributed by atoms with Gasteiger partial charge in [0.2, 0.25) is 5.88 Å². The van der Waals surface area contributed by atoms with Gasteiger partial charge < -0.3 is 39.4 Å². The Kier molecular flexibility index (Phi) is 12.3. The number of aromatic nitrogens is 2. The summed E-state index contributed by atoms with van der Waals surface area (Å²) in [5.41, 5.74) is 4.29. The van der Waals surface area contributed by atoms with Gasteiger partial charge in [-0.15, -0.1) is 0 Å². The Balaban J connectivity index is 0.829. The number of nitro groups is 1. The second kappa shape index (κ2) is 18.7. The van der Waals surface area contributed by atoms with E-state index in [1.165, 1.54) is 11.6 Å². The molecule has 3 aromatic carbocycles. The van der Waals surface area contributed by atoms with E-state index in [-0.39, 0.29) is 59.8 Å².